The summed E-state index contributed by atoms with van der Waals surface area (Å²) in [5.74, 6) is 0. The third-order valence-corrected chi connectivity index (χ3v) is 2.79. The van der Waals surface area contributed by atoms with Crippen LogP contribution in [0.3, 0.4) is 0 Å². The number of hydrogen-bond donors (Lipinski definition) is 1. The van der Waals surface area contributed by atoms with Crippen molar-refractivity contribution in [3.63, 3.8) is 0 Å². The molecule has 0 bridgehead atoms. The number of rotatable bonds is 1. The first kappa shape index (κ1) is 12.3. The van der Waals surface area contributed by atoms with Gasteiger partial charge in [-0.05, 0) is 28.1 Å². The van der Waals surface area contributed by atoms with Crippen molar-refractivity contribution in [2.45, 2.75) is 12.6 Å². The lowest BCUT2D eigenvalue weighted by atomic mass is 10.1. The van der Waals surface area contributed by atoms with Crippen molar-refractivity contribution >= 4 is 26.8 Å². The molecule has 1 heterocycles. The number of hydrogen-bond acceptors (Lipinski definition) is 1. The first-order valence-electron chi connectivity index (χ1n) is 4.33. The van der Waals surface area contributed by atoms with Crippen molar-refractivity contribution in [1.29, 1.82) is 0 Å². The van der Waals surface area contributed by atoms with Crippen LogP contribution in [0.15, 0.2) is 16.6 Å². The van der Waals surface area contributed by atoms with E-state index in [0.29, 0.717) is 6.07 Å². The summed E-state index contributed by atoms with van der Waals surface area (Å²) in [6, 6.07) is 1.46. The standard InChI is InChI=1S/C9H4BrF5N2/c10-5-2-3(9(13,14)15)1-4-6(5)16-17-7(4)8(11)12/h1-2,8H,(H,16,17). The van der Waals surface area contributed by atoms with Gasteiger partial charge in [0.05, 0.1) is 5.56 Å². The maximum atomic E-state index is 12.5. The molecule has 0 aliphatic rings. The third kappa shape index (κ3) is 2.13. The molecule has 1 N–H and O–H groups in total. The lowest BCUT2D eigenvalue weighted by Gasteiger charge is -2.07. The van der Waals surface area contributed by atoms with E-state index >= 15 is 0 Å². The highest BCUT2D eigenvalue weighted by Crippen LogP contribution is 2.37. The number of alkyl halides is 5. The fourth-order valence-corrected chi connectivity index (χ4v) is 1.97. The zero-order valence-corrected chi connectivity index (χ0v) is 9.53. The molecule has 8 heteroatoms. The smallest absolute Gasteiger partial charge is 0.275 e. The summed E-state index contributed by atoms with van der Waals surface area (Å²) in [5.41, 5.74) is -1.57. The van der Waals surface area contributed by atoms with Crippen LogP contribution in [0.4, 0.5) is 22.0 Å². The summed E-state index contributed by atoms with van der Waals surface area (Å²) < 4.78 is 62.6. The predicted octanol–water partition coefficient (Wildman–Crippen LogP) is 4.28. The molecule has 0 radical (unpaired) electrons. The maximum Gasteiger partial charge on any atom is 0.416 e. The molecule has 1 aromatic heterocycles. The zero-order valence-electron chi connectivity index (χ0n) is 7.95. The van der Waals surface area contributed by atoms with Gasteiger partial charge in [0.1, 0.15) is 11.2 Å². The fraction of sp³-hybridized carbons (Fsp3) is 0.222. The summed E-state index contributed by atoms with van der Waals surface area (Å²) in [7, 11) is 0. The van der Waals surface area contributed by atoms with E-state index in [4.69, 9.17) is 0 Å². The highest BCUT2D eigenvalue weighted by Gasteiger charge is 2.32. The van der Waals surface area contributed by atoms with Gasteiger partial charge in [-0.1, -0.05) is 0 Å². The predicted molar refractivity (Wildman–Crippen MR) is 53.8 cm³/mol. The first-order chi connectivity index (χ1) is 7.80. The quantitative estimate of drug-likeness (QED) is 0.782. The number of benzene rings is 1. The summed E-state index contributed by atoms with van der Waals surface area (Å²) in [5, 5.41) is 5.34. The Morgan fingerprint density at radius 3 is 2.41 bits per heavy atom. The number of H-pyrrole nitrogens is 1. The maximum absolute atomic E-state index is 12.5. The van der Waals surface area contributed by atoms with Gasteiger partial charge in [-0.25, -0.2) is 8.78 Å². The van der Waals surface area contributed by atoms with Gasteiger partial charge in [-0.15, -0.1) is 0 Å². The van der Waals surface area contributed by atoms with E-state index in [1.165, 1.54) is 0 Å². The lowest BCUT2D eigenvalue weighted by molar-refractivity contribution is -0.137. The Morgan fingerprint density at radius 2 is 1.88 bits per heavy atom. The van der Waals surface area contributed by atoms with Gasteiger partial charge in [0, 0.05) is 9.86 Å². The minimum atomic E-state index is -4.59. The monoisotopic (exact) mass is 314 g/mol. The van der Waals surface area contributed by atoms with Crippen LogP contribution in [0.25, 0.3) is 10.9 Å². The average molecular weight is 315 g/mol. The Kier molecular flexibility index (Phi) is 2.84. The molecule has 0 aliphatic carbocycles. The van der Waals surface area contributed by atoms with Crippen molar-refractivity contribution in [2.24, 2.45) is 0 Å². The first-order valence-corrected chi connectivity index (χ1v) is 5.13. The lowest BCUT2D eigenvalue weighted by Crippen LogP contribution is -2.04. The van der Waals surface area contributed by atoms with Crippen molar-refractivity contribution in [1.82, 2.24) is 10.2 Å². The molecule has 0 unspecified atom stereocenters. The molecule has 0 fully saturated rings. The molecule has 0 saturated heterocycles. The van der Waals surface area contributed by atoms with Crippen LogP contribution in [0.1, 0.15) is 17.7 Å². The third-order valence-electron chi connectivity index (χ3n) is 2.19. The van der Waals surface area contributed by atoms with E-state index < -0.39 is 23.9 Å². The number of aromatic nitrogens is 2. The van der Waals surface area contributed by atoms with E-state index in [1.54, 1.807) is 0 Å². The zero-order chi connectivity index (χ0) is 12.8. The van der Waals surface area contributed by atoms with Crippen LogP contribution in [-0.2, 0) is 6.18 Å². The van der Waals surface area contributed by atoms with Crippen LogP contribution in [0.2, 0.25) is 0 Å². The normalized spacial score (nSPS) is 12.6. The van der Waals surface area contributed by atoms with Gasteiger partial charge >= 0.3 is 6.18 Å². The second-order valence-electron chi connectivity index (χ2n) is 3.29. The Labute approximate surface area is 99.9 Å². The minimum absolute atomic E-state index is 0.0190. The van der Waals surface area contributed by atoms with Crippen LogP contribution < -0.4 is 0 Å². The molecule has 0 aliphatic heterocycles. The highest BCUT2D eigenvalue weighted by atomic mass is 79.9. The van der Waals surface area contributed by atoms with E-state index in [9.17, 15) is 22.0 Å². The number of halogens is 6. The summed E-state index contributed by atoms with van der Waals surface area (Å²) in [4.78, 5) is 0. The second kappa shape index (κ2) is 3.94. The molecular weight excluding hydrogens is 311 g/mol. The van der Waals surface area contributed by atoms with E-state index in [2.05, 4.69) is 21.0 Å². The topological polar surface area (TPSA) is 28.7 Å². The van der Waals surface area contributed by atoms with E-state index in [-0.39, 0.29) is 15.4 Å². The highest BCUT2D eigenvalue weighted by molar-refractivity contribution is 9.10. The Hall–Kier alpha value is -1.18. The number of nitrogens with zero attached hydrogens (tertiary/aromatic N) is 1. The molecule has 1 aromatic carbocycles. The number of fused-ring (bicyclic) bond motifs is 1. The van der Waals surface area contributed by atoms with Crippen LogP contribution in [-0.4, -0.2) is 10.2 Å². The van der Waals surface area contributed by atoms with E-state index in [1.807, 2.05) is 5.10 Å². The van der Waals surface area contributed by atoms with E-state index in [0.717, 1.165) is 6.07 Å². The number of aromatic amines is 1. The van der Waals surface area contributed by atoms with Gasteiger partial charge in [-0.2, -0.15) is 18.3 Å². The minimum Gasteiger partial charge on any atom is -0.275 e. The van der Waals surface area contributed by atoms with Crippen LogP contribution >= 0.6 is 15.9 Å². The van der Waals surface area contributed by atoms with Crippen LogP contribution in [0, 0.1) is 0 Å². The largest absolute Gasteiger partial charge is 0.416 e. The SMILES string of the molecule is FC(F)c1[nH]nc2c(Br)cc(C(F)(F)F)cc12. The Morgan fingerprint density at radius 1 is 1.24 bits per heavy atom. The van der Waals surface area contributed by atoms with Crippen molar-refractivity contribution in [3.8, 4) is 0 Å². The summed E-state index contributed by atoms with van der Waals surface area (Å²) in [6.45, 7) is 0. The van der Waals surface area contributed by atoms with Crippen LogP contribution in [0.5, 0.6) is 0 Å². The van der Waals surface area contributed by atoms with Gasteiger partial charge in [0.2, 0.25) is 0 Å². The molecule has 92 valence electrons. The fourth-order valence-electron chi connectivity index (χ4n) is 1.42. The molecule has 17 heavy (non-hydrogen) atoms. The van der Waals surface area contributed by atoms with Crippen molar-refractivity contribution in [2.75, 3.05) is 0 Å². The summed E-state index contributed by atoms with van der Waals surface area (Å²) in [6.07, 6.45) is -7.50. The second-order valence-corrected chi connectivity index (χ2v) is 4.14. The molecule has 0 spiro atoms. The molecule has 0 atom stereocenters. The molecular formula is C9H4BrF5N2. The molecule has 0 saturated carbocycles. The van der Waals surface area contributed by atoms with Crippen molar-refractivity contribution < 1.29 is 22.0 Å². The van der Waals surface area contributed by atoms with Gasteiger partial charge in [0.15, 0.2) is 0 Å². The van der Waals surface area contributed by atoms with Gasteiger partial charge in [-0.3, -0.25) is 5.10 Å². The molecule has 2 nitrogen and oxygen atoms in total. The van der Waals surface area contributed by atoms with Crippen molar-refractivity contribution in [3.05, 3.63) is 27.9 Å². The average Bonchev–Trinajstić information content (AvgIpc) is 2.60. The molecule has 2 aromatic rings. The Bertz CT molecular complexity index is 560. The molecule has 2 rings (SSSR count). The number of nitrogens with one attached hydrogen (secondary N) is 1. The van der Waals surface area contributed by atoms with Gasteiger partial charge in [0.25, 0.3) is 6.43 Å². The molecule has 0 amide bonds. The van der Waals surface area contributed by atoms with Gasteiger partial charge < -0.3 is 0 Å². The summed E-state index contributed by atoms with van der Waals surface area (Å²) >= 11 is 2.88. The Balaban J connectivity index is 2.74.